The van der Waals surface area contributed by atoms with E-state index in [0.717, 1.165) is 17.5 Å². The zero-order valence-corrected chi connectivity index (χ0v) is 16.8. The van der Waals surface area contributed by atoms with Gasteiger partial charge in [-0.1, -0.05) is 67.6 Å². The number of amides is 1. The predicted octanol–water partition coefficient (Wildman–Crippen LogP) is 5.54. The van der Waals surface area contributed by atoms with Crippen molar-refractivity contribution in [1.82, 2.24) is 0 Å². The Morgan fingerprint density at radius 2 is 1.60 bits per heavy atom. The molecule has 3 rings (SSSR count). The fourth-order valence-corrected chi connectivity index (χ4v) is 3.26. The molecule has 0 saturated heterocycles. The Morgan fingerprint density at radius 1 is 1.00 bits per heavy atom. The van der Waals surface area contributed by atoms with E-state index in [4.69, 9.17) is 4.74 Å². The SMILES string of the molecule is CCCOc1ccc(NC(=O)CC(c2ccccc2)c2ccccc2)c([N+](=O)[O-])c1. The third-order valence-electron chi connectivity index (χ3n) is 4.71. The summed E-state index contributed by atoms with van der Waals surface area (Å²) < 4.78 is 5.47. The van der Waals surface area contributed by atoms with E-state index in [1.807, 2.05) is 67.6 Å². The molecule has 0 saturated carbocycles. The Morgan fingerprint density at radius 3 is 2.13 bits per heavy atom. The number of anilines is 1. The van der Waals surface area contributed by atoms with Gasteiger partial charge in [0.1, 0.15) is 11.4 Å². The molecule has 6 heteroatoms. The van der Waals surface area contributed by atoms with Gasteiger partial charge in [0.25, 0.3) is 5.69 Å². The van der Waals surface area contributed by atoms with Gasteiger partial charge in [-0.25, -0.2) is 0 Å². The highest BCUT2D eigenvalue weighted by Crippen LogP contribution is 2.32. The molecule has 1 N–H and O–H groups in total. The van der Waals surface area contributed by atoms with Crippen molar-refractivity contribution in [2.45, 2.75) is 25.7 Å². The zero-order valence-electron chi connectivity index (χ0n) is 16.8. The van der Waals surface area contributed by atoms with Crippen molar-refractivity contribution < 1.29 is 14.5 Å². The van der Waals surface area contributed by atoms with Gasteiger partial charge < -0.3 is 10.1 Å². The van der Waals surface area contributed by atoms with Crippen molar-refractivity contribution in [2.75, 3.05) is 11.9 Å². The fourth-order valence-electron chi connectivity index (χ4n) is 3.26. The second-order valence-corrected chi connectivity index (χ2v) is 6.91. The van der Waals surface area contributed by atoms with E-state index in [1.165, 1.54) is 12.1 Å². The predicted molar refractivity (Wildman–Crippen MR) is 117 cm³/mol. The lowest BCUT2D eigenvalue weighted by Crippen LogP contribution is -2.17. The molecule has 0 bridgehead atoms. The quantitative estimate of drug-likeness (QED) is 0.375. The smallest absolute Gasteiger partial charge is 0.296 e. The van der Waals surface area contributed by atoms with Crippen molar-refractivity contribution >= 4 is 17.3 Å². The first kappa shape index (κ1) is 21.0. The minimum absolute atomic E-state index is 0.154. The number of nitrogens with one attached hydrogen (secondary N) is 1. The molecule has 0 radical (unpaired) electrons. The van der Waals surface area contributed by atoms with Gasteiger partial charge in [0, 0.05) is 12.3 Å². The molecule has 0 atom stereocenters. The first-order chi connectivity index (χ1) is 14.6. The number of nitrogens with zero attached hydrogens (tertiary/aromatic N) is 1. The number of nitro groups is 1. The van der Waals surface area contributed by atoms with E-state index in [2.05, 4.69) is 5.32 Å². The van der Waals surface area contributed by atoms with Crippen LogP contribution in [0, 0.1) is 10.1 Å². The molecular formula is C24H24N2O4. The lowest BCUT2D eigenvalue weighted by atomic mass is 9.88. The van der Waals surface area contributed by atoms with Gasteiger partial charge in [-0.3, -0.25) is 14.9 Å². The first-order valence-corrected chi connectivity index (χ1v) is 9.89. The summed E-state index contributed by atoms with van der Waals surface area (Å²) in [5.74, 6) is -0.0374. The van der Waals surface area contributed by atoms with E-state index in [9.17, 15) is 14.9 Å². The standard InChI is InChI=1S/C24H24N2O4/c1-2-15-30-20-13-14-22(23(16-20)26(28)29)25-24(27)17-21(18-9-5-3-6-10-18)19-11-7-4-8-12-19/h3-14,16,21H,2,15,17H2,1H3,(H,25,27). The summed E-state index contributed by atoms with van der Waals surface area (Å²) in [5.41, 5.74) is 2.00. The number of benzene rings is 3. The molecule has 3 aromatic rings. The number of rotatable bonds is 9. The molecule has 0 aliphatic carbocycles. The summed E-state index contributed by atoms with van der Waals surface area (Å²) in [5, 5.41) is 14.2. The molecule has 6 nitrogen and oxygen atoms in total. The van der Waals surface area contributed by atoms with Crippen molar-refractivity contribution in [3.05, 3.63) is 100 Å². The maximum atomic E-state index is 12.8. The van der Waals surface area contributed by atoms with Crippen LogP contribution in [0.15, 0.2) is 78.9 Å². The maximum absolute atomic E-state index is 12.8. The van der Waals surface area contributed by atoms with Crippen LogP contribution >= 0.6 is 0 Å². The lowest BCUT2D eigenvalue weighted by Gasteiger charge is -2.18. The average molecular weight is 404 g/mol. The molecule has 0 fully saturated rings. The van der Waals surface area contributed by atoms with Crippen LogP contribution in [-0.4, -0.2) is 17.4 Å². The molecule has 30 heavy (non-hydrogen) atoms. The van der Waals surface area contributed by atoms with E-state index in [-0.39, 0.29) is 29.6 Å². The van der Waals surface area contributed by atoms with E-state index >= 15 is 0 Å². The van der Waals surface area contributed by atoms with Crippen LogP contribution in [0.3, 0.4) is 0 Å². The topological polar surface area (TPSA) is 81.5 Å². The van der Waals surface area contributed by atoms with Crippen LogP contribution < -0.4 is 10.1 Å². The molecule has 0 unspecified atom stereocenters. The van der Waals surface area contributed by atoms with Gasteiger partial charge in [0.05, 0.1) is 17.6 Å². The van der Waals surface area contributed by atoms with Crippen molar-refractivity contribution in [2.24, 2.45) is 0 Å². The Hall–Kier alpha value is -3.67. The fraction of sp³-hybridized carbons (Fsp3) is 0.208. The Bertz CT molecular complexity index is 951. The summed E-state index contributed by atoms with van der Waals surface area (Å²) in [7, 11) is 0. The third kappa shape index (κ3) is 5.44. The second kappa shape index (κ2) is 10.2. The number of hydrogen-bond donors (Lipinski definition) is 1. The summed E-state index contributed by atoms with van der Waals surface area (Å²) in [4.78, 5) is 23.8. The summed E-state index contributed by atoms with van der Waals surface area (Å²) >= 11 is 0. The highest BCUT2D eigenvalue weighted by atomic mass is 16.6. The number of hydrogen-bond acceptors (Lipinski definition) is 4. The van der Waals surface area contributed by atoms with Gasteiger partial charge in [0.2, 0.25) is 5.91 Å². The first-order valence-electron chi connectivity index (χ1n) is 9.89. The molecular weight excluding hydrogens is 380 g/mol. The van der Waals surface area contributed by atoms with Crippen LogP contribution in [0.2, 0.25) is 0 Å². The minimum atomic E-state index is -0.514. The van der Waals surface area contributed by atoms with Crippen molar-refractivity contribution in [1.29, 1.82) is 0 Å². The van der Waals surface area contributed by atoms with Crippen LogP contribution in [0.4, 0.5) is 11.4 Å². The van der Waals surface area contributed by atoms with Crippen LogP contribution in [0.25, 0.3) is 0 Å². The molecule has 0 aromatic heterocycles. The average Bonchev–Trinajstić information content (AvgIpc) is 2.77. The Kier molecular flexibility index (Phi) is 7.16. The molecule has 0 heterocycles. The molecule has 0 aliphatic heterocycles. The highest BCUT2D eigenvalue weighted by Gasteiger charge is 2.21. The van der Waals surface area contributed by atoms with Crippen molar-refractivity contribution in [3.8, 4) is 5.75 Å². The van der Waals surface area contributed by atoms with E-state index in [0.29, 0.717) is 12.4 Å². The van der Waals surface area contributed by atoms with Gasteiger partial charge >= 0.3 is 0 Å². The largest absolute Gasteiger partial charge is 0.493 e. The van der Waals surface area contributed by atoms with E-state index in [1.54, 1.807) is 6.07 Å². The van der Waals surface area contributed by atoms with Gasteiger partial charge in [-0.2, -0.15) is 0 Å². The molecule has 154 valence electrons. The van der Waals surface area contributed by atoms with Gasteiger partial charge in [-0.15, -0.1) is 0 Å². The van der Waals surface area contributed by atoms with Crippen LogP contribution in [0.5, 0.6) is 5.75 Å². The van der Waals surface area contributed by atoms with E-state index < -0.39 is 4.92 Å². The Balaban J connectivity index is 1.81. The molecule has 0 spiro atoms. The second-order valence-electron chi connectivity index (χ2n) is 6.91. The summed E-state index contributed by atoms with van der Waals surface area (Å²) in [6, 6.07) is 24.0. The normalized spacial score (nSPS) is 10.6. The van der Waals surface area contributed by atoms with Gasteiger partial charge in [0.15, 0.2) is 0 Å². The van der Waals surface area contributed by atoms with Crippen molar-refractivity contribution in [3.63, 3.8) is 0 Å². The number of carbonyl (C=O) groups is 1. The maximum Gasteiger partial charge on any atom is 0.296 e. The van der Waals surface area contributed by atoms with Gasteiger partial charge in [-0.05, 0) is 29.7 Å². The highest BCUT2D eigenvalue weighted by molar-refractivity contribution is 5.94. The minimum Gasteiger partial charge on any atom is -0.493 e. The lowest BCUT2D eigenvalue weighted by molar-refractivity contribution is -0.384. The third-order valence-corrected chi connectivity index (χ3v) is 4.71. The van der Waals surface area contributed by atoms with Crippen LogP contribution in [0.1, 0.15) is 36.8 Å². The monoisotopic (exact) mass is 404 g/mol. The summed E-state index contributed by atoms with van der Waals surface area (Å²) in [6.07, 6.45) is 0.964. The Labute approximate surface area is 175 Å². The molecule has 3 aromatic carbocycles. The zero-order chi connectivity index (χ0) is 21.3. The number of nitro benzene ring substituents is 1. The molecule has 0 aliphatic rings. The molecule has 1 amide bonds. The number of carbonyl (C=O) groups excluding carboxylic acids is 1. The number of ether oxygens (including phenoxy) is 1. The summed E-state index contributed by atoms with van der Waals surface area (Å²) in [6.45, 7) is 2.43. The van der Waals surface area contributed by atoms with Crippen LogP contribution in [-0.2, 0) is 4.79 Å².